The Hall–Kier alpha value is 0.120. The van der Waals surface area contributed by atoms with Gasteiger partial charge in [0.15, 0.2) is 0 Å². The van der Waals surface area contributed by atoms with Gasteiger partial charge in [0.1, 0.15) is 19.8 Å². The summed E-state index contributed by atoms with van der Waals surface area (Å²) < 4.78 is -3.33. The zero-order chi connectivity index (χ0) is 14.3. The maximum atomic E-state index is 9.92. The zero-order valence-corrected chi connectivity index (χ0v) is 12.9. The lowest BCUT2D eigenvalue weighted by atomic mass is 10.4. The number of rotatable bonds is 5. The molecule has 0 aromatic carbocycles. The van der Waals surface area contributed by atoms with Crippen molar-refractivity contribution >= 4 is 47.8 Å². The Labute approximate surface area is 120 Å². The van der Waals surface area contributed by atoms with Crippen LogP contribution in [0.3, 0.4) is 0 Å². The van der Waals surface area contributed by atoms with Crippen molar-refractivity contribution in [1.82, 2.24) is 0 Å². The topological polar surface area (TPSA) is 147 Å². The maximum absolute atomic E-state index is 9.92. The van der Waals surface area contributed by atoms with Gasteiger partial charge in [0.2, 0.25) is 0 Å². The molecule has 0 spiro atoms. The lowest BCUT2D eigenvalue weighted by Crippen LogP contribution is -2.39. The third kappa shape index (κ3) is 7.21. The van der Waals surface area contributed by atoms with E-state index in [9.17, 15) is 20.2 Å². The molecule has 0 aliphatic heterocycles. The summed E-state index contributed by atoms with van der Waals surface area (Å²) in [7, 11) is 0. The van der Waals surface area contributed by atoms with Crippen LogP contribution in [0, 0.1) is 20.2 Å². The minimum absolute atomic E-state index is 0.583. The van der Waals surface area contributed by atoms with Gasteiger partial charge in [0.05, 0.1) is 4.92 Å². The summed E-state index contributed by atoms with van der Waals surface area (Å²) in [5.41, 5.74) is 0. The average molecular weight is 449 g/mol. The van der Waals surface area contributed by atoms with Crippen molar-refractivity contribution < 1.29 is 25.2 Å². The Balaban J connectivity index is 0. The van der Waals surface area contributed by atoms with Crippen LogP contribution >= 0.6 is 47.8 Å². The molecule has 0 radical (unpaired) electrons. The number of alkyl halides is 3. The number of halogens is 3. The summed E-state index contributed by atoms with van der Waals surface area (Å²) in [6, 6.07) is 0. The Morgan fingerprint density at radius 1 is 0.882 bits per heavy atom. The smallest absolute Gasteiger partial charge is 0.349 e. The second-order valence-corrected chi connectivity index (χ2v) is 7.74. The molecule has 0 fully saturated rings. The SMILES string of the molecule is O=[N+]([O-])C(Br)(Br)CO.O=[N+]([O-])C(Br)(CO)CO. The highest BCUT2D eigenvalue weighted by atomic mass is 79.9. The third-order valence-corrected chi connectivity index (χ3v) is 3.14. The molecule has 17 heavy (non-hydrogen) atoms. The predicted octanol–water partition coefficient (Wildman–Crippen LogP) is 0.0379. The van der Waals surface area contributed by atoms with Gasteiger partial charge >= 0.3 is 7.81 Å². The molecule has 0 unspecified atom stereocenters. The first-order chi connectivity index (χ1) is 7.57. The van der Waals surface area contributed by atoms with E-state index in [1.54, 1.807) is 0 Å². The van der Waals surface area contributed by atoms with E-state index in [4.69, 9.17) is 15.3 Å². The average Bonchev–Trinajstić information content (AvgIpc) is 2.28. The van der Waals surface area contributed by atoms with Crippen LogP contribution in [0.25, 0.3) is 0 Å². The molecule has 0 saturated carbocycles. The number of aliphatic hydroxyl groups is 3. The fourth-order valence-corrected chi connectivity index (χ4v) is 0.223. The van der Waals surface area contributed by atoms with Crippen LogP contribution in [0.4, 0.5) is 0 Å². The van der Waals surface area contributed by atoms with E-state index in [-0.39, 0.29) is 0 Å². The molecule has 0 amide bonds. The van der Waals surface area contributed by atoms with Crippen LogP contribution in [0.15, 0.2) is 0 Å². The van der Waals surface area contributed by atoms with Crippen molar-refractivity contribution in [1.29, 1.82) is 0 Å². The molecule has 0 aromatic heterocycles. The second kappa shape index (κ2) is 8.26. The van der Waals surface area contributed by atoms with Crippen LogP contribution in [0.5, 0.6) is 0 Å². The summed E-state index contributed by atoms with van der Waals surface area (Å²) in [5.74, 6) is 0. The molecule has 0 aromatic rings. The minimum atomic E-state index is -1.77. The first-order valence-electron chi connectivity index (χ1n) is 3.75. The Bertz CT molecular complexity index is 270. The first-order valence-corrected chi connectivity index (χ1v) is 6.13. The van der Waals surface area contributed by atoms with Crippen molar-refractivity contribution in [3.63, 3.8) is 0 Å². The number of hydrogen-bond donors (Lipinski definition) is 3. The van der Waals surface area contributed by atoms with Crippen LogP contribution in [0.2, 0.25) is 0 Å². The van der Waals surface area contributed by atoms with Crippen LogP contribution in [-0.2, 0) is 0 Å². The Morgan fingerprint density at radius 2 is 1.24 bits per heavy atom. The van der Waals surface area contributed by atoms with Gasteiger partial charge < -0.3 is 15.3 Å². The van der Waals surface area contributed by atoms with E-state index in [0.717, 1.165) is 0 Å². The van der Waals surface area contributed by atoms with E-state index < -0.39 is 37.5 Å². The summed E-state index contributed by atoms with van der Waals surface area (Å²) in [5, 5.41) is 44.6. The van der Waals surface area contributed by atoms with Crippen molar-refractivity contribution in [2.45, 2.75) is 7.81 Å². The molecule has 0 aliphatic rings. The van der Waals surface area contributed by atoms with E-state index in [1.807, 2.05) is 0 Å². The van der Waals surface area contributed by atoms with E-state index in [0.29, 0.717) is 0 Å². The van der Waals surface area contributed by atoms with Gasteiger partial charge in [-0.05, 0) is 0 Å². The molecule has 0 bridgehead atoms. The largest absolute Gasteiger partial charge is 0.388 e. The highest BCUT2D eigenvalue weighted by Gasteiger charge is 2.38. The highest BCUT2D eigenvalue weighted by Crippen LogP contribution is 2.24. The van der Waals surface area contributed by atoms with E-state index in [2.05, 4.69) is 47.8 Å². The molecular weight excluding hydrogens is 440 g/mol. The normalized spacial score (nSPS) is 11.4. The van der Waals surface area contributed by atoms with E-state index >= 15 is 0 Å². The molecule has 3 N–H and O–H groups in total. The molecule has 102 valence electrons. The fourth-order valence-electron chi connectivity index (χ4n) is 0.223. The number of aliphatic hydroxyl groups excluding tert-OH is 3. The van der Waals surface area contributed by atoms with Crippen LogP contribution < -0.4 is 0 Å². The number of nitro groups is 2. The molecule has 0 atom stereocenters. The maximum Gasteiger partial charge on any atom is 0.349 e. The lowest BCUT2D eigenvalue weighted by molar-refractivity contribution is -0.542. The molecule has 9 nitrogen and oxygen atoms in total. The van der Waals surface area contributed by atoms with Crippen molar-refractivity contribution in [2.24, 2.45) is 0 Å². The van der Waals surface area contributed by atoms with Gasteiger partial charge in [-0.3, -0.25) is 20.2 Å². The second-order valence-electron chi connectivity index (χ2n) is 2.57. The lowest BCUT2D eigenvalue weighted by Gasteiger charge is -2.11. The fraction of sp³-hybridized carbons (Fsp3) is 1.00. The van der Waals surface area contributed by atoms with Crippen molar-refractivity contribution in [3.8, 4) is 0 Å². The summed E-state index contributed by atoms with van der Waals surface area (Å²) >= 11 is 7.77. The molecule has 0 rings (SSSR count). The molecular formula is C5H9Br3N2O7. The third-order valence-electron chi connectivity index (χ3n) is 1.27. The summed E-state index contributed by atoms with van der Waals surface area (Å²) in [4.78, 5) is 18.3. The van der Waals surface area contributed by atoms with Crippen LogP contribution in [-0.4, -0.2) is 52.8 Å². The van der Waals surface area contributed by atoms with Gasteiger partial charge in [-0.1, -0.05) is 0 Å². The van der Waals surface area contributed by atoms with Crippen molar-refractivity contribution in [3.05, 3.63) is 20.2 Å². The Kier molecular flexibility index (Phi) is 9.46. The van der Waals surface area contributed by atoms with Gasteiger partial charge in [-0.15, -0.1) is 0 Å². The van der Waals surface area contributed by atoms with Gasteiger partial charge in [-0.2, -0.15) is 0 Å². The summed E-state index contributed by atoms with van der Waals surface area (Å²) in [6.45, 7) is -2.03. The minimum Gasteiger partial charge on any atom is -0.388 e. The number of nitrogens with zero attached hydrogens (tertiary/aromatic N) is 2. The molecule has 0 saturated heterocycles. The zero-order valence-electron chi connectivity index (χ0n) is 8.12. The number of hydrogen-bond acceptors (Lipinski definition) is 7. The molecule has 0 aliphatic carbocycles. The van der Waals surface area contributed by atoms with Gasteiger partial charge in [-0.25, -0.2) is 0 Å². The highest BCUT2D eigenvalue weighted by molar-refractivity contribution is 9.25. The molecule has 12 heteroatoms. The monoisotopic (exact) mass is 446 g/mol. The standard InChI is InChI=1S/C3H6BrNO4.C2H3Br2NO3/c4-3(1-6,2-7)5(8)9;3-2(4,1-6)5(7)8/h6-7H,1-2H2;6H,1H2. The van der Waals surface area contributed by atoms with Crippen molar-refractivity contribution in [2.75, 3.05) is 19.8 Å². The van der Waals surface area contributed by atoms with E-state index in [1.165, 1.54) is 0 Å². The Morgan fingerprint density at radius 3 is 1.24 bits per heavy atom. The summed E-state index contributed by atoms with van der Waals surface area (Å²) in [6.07, 6.45) is 0. The molecule has 0 heterocycles. The quantitative estimate of drug-likeness (QED) is 0.233. The predicted molar refractivity (Wildman–Crippen MR) is 67.5 cm³/mol. The van der Waals surface area contributed by atoms with Gasteiger partial charge in [0.25, 0.3) is 0 Å². The van der Waals surface area contributed by atoms with Crippen LogP contribution in [0.1, 0.15) is 0 Å². The van der Waals surface area contributed by atoms with Gasteiger partial charge in [0, 0.05) is 52.7 Å². The first kappa shape index (κ1) is 19.5.